The molecule has 0 fully saturated rings. The van der Waals surface area contributed by atoms with Crippen molar-refractivity contribution < 1.29 is 14.3 Å². The van der Waals surface area contributed by atoms with Gasteiger partial charge in [-0.05, 0) is 6.92 Å². The molecule has 0 saturated heterocycles. The van der Waals surface area contributed by atoms with Gasteiger partial charge in [0.2, 0.25) is 0 Å². The van der Waals surface area contributed by atoms with Crippen molar-refractivity contribution in [2.24, 2.45) is 0 Å². The van der Waals surface area contributed by atoms with E-state index in [1.54, 1.807) is 6.92 Å². The third-order valence-electron chi connectivity index (χ3n) is 1.14. The average Bonchev–Trinajstić information content (AvgIpc) is 2.04. The summed E-state index contributed by atoms with van der Waals surface area (Å²) < 4.78 is 4.67. The molecule has 5 heteroatoms. The summed E-state index contributed by atoms with van der Waals surface area (Å²) in [7, 11) is 1.53. The molecule has 0 rings (SSSR count). The summed E-state index contributed by atoms with van der Waals surface area (Å²) in [6, 6.07) is 0. The lowest BCUT2D eigenvalue weighted by Gasteiger charge is -2.14. The zero-order valence-electron chi connectivity index (χ0n) is 7.17. The van der Waals surface area contributed by atoms with Crippen LogP contribution in [0.5, 0.6) is 0 Å². The Balaban J connectivity index is 3.78. The van der Waals surface area contributed by atoms with Crippen molar-refractivity contribution in [1.29, 1.82) is 0 Å². The average molecular weight is 238 g/mol. The van der Waals surface area contributed by atoms with Crippen molar-refractivity contribution in [3.63, 3.8) is 0 Å². The van der Waals surface area contributed by atoms with Crippen LogP contribution in [0.1, 0.15) is 6.92 Å². The smallest absolute Gasteiger partial charge is 0.409 e. The Kier molecular flexibility index (Phi) is 5.70. The van der Waals surface area contributed by atoms with Crippen LogP contribution in [0.2, 0.25) is 0 Å². The summed E-state index contributed by atoms with van der Waals surface area (Å²) in [5.74, 6) is -0.0504. The highest BCUT2D eigenvalue weighted by Gasteiger charge is 2.11. The van der Waals surface area contributed by atoms with Crippen LogP contribution in [0, 0.1) is 0 Å². The lowest BCUT2D eigenvalue weighted by atomic mass is 10.4. The van der Waals surface area contributed by atoms with Gasteiger partial charge in [0, 0.05) is 7.05 Å². The summed E-state index contributed by atoms with van der Waals surface area (Å²) in [6.45, 7) is 2.13. The number of halogens is 1. The molecule has 0 aliphatic carbocycles. The van der Waals surface area contributed by atoms with E-state index in [2.05, 4.69) is 20.7 Å². The first-order valence-electron chi connectivity index (χ1n) is 3.57. The standard InChI is InChI=1S/C7H12BrNO3/c1-3-12-7(11)9(2)5-6(10)4-8/h3-5H2,1-2H3. The number of rotatable bonds is 4. The van der Waals surface area contributed by atoms with E-state index in [4.69, 9.17) is 0 Å². The van der Waals surface area contributed by atoms with Gasteiger partial charge in [0.05, 0.1) is 18.5 Å². The van der Waals surface area contributed by atoms with E-state index in [1.807, 2.05) is 0 Å². The Hall–Kier alpha value is -0.580. The van der Waals surface area contributed by atoms with Crippen molar-refractivity contribution in [3.05, 3.63) is 0 Å². The van der Waals surface area contributed by atoms with Gasteiger partial charge in [-0.2, -0.15) is 0 Å². The minimum Gasteiger partial charge on any atom is -0.450 e. The number of Topliss-reactive ketones (excluding diaryl/α,β-unsaturated/α-hetero) is 1. The summed E-state index contributed by atoms with van der Waals surface area (Å²) in [4.78, 5) is 23.0. The molecule has 12 heavy (non-hydrogen) atoms. The van der Waals surface area contributed by atoms with Gasteiger partial charge in [0.1, 0.15) is 0 Å². The van der Waals surface area contributed by atoms with E-state index < -0.39 is 6.09 Å². The second-order valence-corrected chi connectivity index (χ2v) is 2.79. The molecule has 0 saturated carbocycles. The Labute approximate surface area is 80.0 Å². The van der Waals surface area contributed by atoms with Crippen LogP contribution in [0.3, 0.4) is 0 Å². The Morgan fingerprint density at radius 1 is 1.50 bits per heavy atom. The summed E-state index contributed by atoms with van der Waals surface area (Å²) >= 11 is 3.00. The van der Waals surface area contributed by atoms with Crippen LogP contribution in [-0.2, 0) is 9.53 Å². The third kappa shape index (κ3) is 4.33. The van der Waals surface area contributed by atoms with E-state index >= 15 is 0 Å². The van der Waals surface area contributed by atoms with Gasteiger partial charge in [-0.25, -0.2) is 4.79 Å². The predicted octanol–water partition coefficient (Wildman–Crippen LogP) is 1.04. The molecule has 0 bridgehead atoms. The van der Waals surface area contributed by atoms with Gasteiger partial charge in [-0.3, -0.25) is 4.79 Å². The first kappa shape index (κ1) is 11.4. The maximum Gasteiger partial charge on any atom is 0.409 e. The molecular formula is C7H12BrNO3. The molecule has 0 aromatic carbocycles. The number of carbonyl (C=O) groups is 2. The predicted molar refractivity (Wildman–Crippen MR) is 48.5 cm³/mol. The topological polar surface area (TPSA) is 46.6 Å². The molecule has 0 aromatic rings. The lowest BCUT2D eigenvalue weighted by Crippen LogP contribution is -2.32. The fourth-order valence-electron chi connectivity index (χ4n) is 0.605. The second kappa shape index (κ2) is 5.99. The molecule has 0 spiro atoms. The van der Waals surface area contributed by atoms with Gasteiger partial charge in [-0.1, -0.05) is 15.9 Å². The number of amides is 1. The summed E-state index contributed by atoms with van der Waals surface area (Å²) in [5, 5.41) is 0.261. The third-order valence-corrected chi connectivity index (χ3v) is 1.77. The van der Waals surface area contributed by atoms with Crippen LogP contribution in [-0.4, -0.2) is 42.3 Å². The quantitative estimate of drug-likeness (QED) is 0.687. The van der Waals surface area contributed by atoms with Crippen molar-refractivity contribution in [2.75, 3.05) is 25.5 Å². The first-order chi connectivity index (χ1) is 5.61. The molecule has 0 heterocycles. The van der Waals surface area contributed by atoms with Crippen LogP contribution in [0.4, 0.5) is 4.79 Å². The molecule has 70 valence electrons. The van der Waals surface area contributed by atoms with Crippen LogP contribution in [0.15, 0.2) is 0 Å². The van der Waals surface area contributed by atoms with E-state index in [1.165, 1.54) is 11.9 Å². The highest BCUT2D eigenvalue weighted by molar-refractivity contribution is 9.09. The largest absolute Gasteiger partial charge is 0.450 e. The zero-order valence-corrected chi connectivity index (χ0v) is 8.76. The number of ketones is 1. The van der Waals surface area contributed by atoms with Gasteiger partial charge in [0.25, 0.3) is 0 Å². The molecule has 0 aliphatic rings. The minimum atomic E-state index is -0.466. The maximum absolute atomic E-state index is 10.9. The van der Waals surface area contributed by atoms with E-state index in [-0.39, 0.29) is 17.7 Å². The van der Waals surface area contributed by atoms with Gasteiger partial charge < -0.3 is 9.64 Å². The molecule has 0 atom stereocenters. The fraction of sp³-hybridized carbons (Fsp3) is 0.714. The number of hydrogen-bond acceptors (Lipinski definition) is 3. The molecule has 1 amide bonds. The van der Waals surface area contributed by atoms with Gasteiger partial charge in [0.15, 0.2) is 5.78 Å². The molecule has 0 N–H and O–H groups in total. The summed E-state index contributed by atoms with van der Waals surface area (Å²) in [5.41, 5.74) is 0. The van der Waals surface area contributed by atoms with Crippen molar-refractivity contribution in [1.82, 2.24) is 4.90 Å². The molecular weight excluding hydrogens is 226 g/mol. The van der Waals surface area contributed by atoms with Crippen molar-refractivity contribution >= 4 is 27.8 Å². The van der Waals surface area contributed by atoms with Crippen molar-refractivity contribution in [2.45, 2.75) is 6.92 Å². The summed E-state index contributed by atoms with van der Waals surface area (Å²) in [6.07, 6.45) is -0.466. The normalized spacial score (nSPS) is 9.25. The maximum atomic E-state index is 10.9. The SMILES string of the molecule is CCOC(=O)N(C)CC(=O)CBr. The van der Waals surface area contributed by atoms with Crippen LogP contribution in [0.25, 0.3) is 0 Å². The highest BCUT2D eigenvalue weighted by atomic mass is 79.9. The second-order valence-electron chi connectivity index (χ2n) is 2.23. The van der Waals surface area contributed by atoms with E-state index in [0.29, 0.717) is 6.61 Å². The first-order valence-corrected chi connectivity index (χ1v) is 4.69. The fourth-order valence-corrected chi connectivity index (χ4v) is 0.782. The monoisotopic (exact) mass is 237 g/mol. The number of ether oxygens (including phenoxy) is 1. The van der Waals surface area contributed by atoms with Gasteiger partial charge in [-0.15, -0.1) is 0 Å². The molecule has 0 aliphatic heterocycles. The van der Waals surface area contributed by atoms with Crippen LogP contribution < -0.4 is 0 Å². The van der Waals surface area contributed by atoms with Crippen LogP contribution >= 0.6 is 15.9 Å². The number of nitrogens with zero attached hydrogens (tertiary/aromatic N) is 1. The molecule has 0 unspecified atom stereocenters. The Morgan fingerprint density at radius 3 is 2.50 bits per heavy atom. The number of alkyl halides is 1. The van der Waals surface area contributed by atoms with Gasteiger partial charge >= 0.3 is 6.09 Å². The molecule has 0 radical (unpaired) electrons. The zero-order chi connectivity index (χ0) is 9.56. The molecule has 0 aromatic heterocycles. The lowest BCUT2D eigenvalue weighted by molar-refractivity contribution is -0.117. The number of hydrogen-bond donors (Lipinski definition) is 0. The Bertz CT molecular complexity index is 172. The van der Waals surface area contributed by atoms with E-state index in [0.717, 1.165) is 0 Å². The molecule has 4 nitrogen and oxygen atoms in total. The highest BCUT2D eigenvalue weighted by Crippen LogP contribution is 1.92. The Morgan fingerprint density at radius 2 is 2.08 bits per heavy atom. The van der Waals surface area contributed by atoms with E-state index in [9.17, 15) is 9.59 Å². The number of carbonyl (C=O) groups excluding carboxylic acids is 2. The minimum absolute atomic E-state index is 0.0504. The number of likely N-dealkylation sites (N-methyl/N-ethyl adjacent to an activating group) is 1. The van der Waals surface area contributed by atoms with Crippen molar-refractivity contribution in [3.8, 4) is 0 Å².